The number of hydrogen-bond donors (Lipinski definition) is 2. The number of rotatable bonds is 1. The first-order valence-electron chi connectivity index (χ1n) is 7.05. The van der Waals surface area contributed by atoms with E-state index in [2.05, 4.69) is 17.0 Å². The molecule has 19 heavy (non-hydrogen) atoms. The second kappa shape index (κ2) is 4.76. The summed E-state index contributed by atoms with van der Waals surface area (Å²) in [5.74, 6) is 0.0941. The molecule has 1 saturated heterocycles. The van der Waals surface area contributed by atoms with Gasteiger partial charge in [-0.15, -0.1) is 0 Å². The van der Waals surface area contributed by atoms with Crippen LogP contribution in [0.3, 0.4) is 0 Å². The summed E-state index contributed by atoms with van der Waals surface area (Å²) in [6, 6.07) is 0. The van der Waals surface area contributed by atoms with Crippen molar-refractivity contribution in [3.63, 3.8) is 0 Å². The molecule has 0 bridgehead atoms. The van der Waals surface area contributed by atoms with Crippen molar-refractivity contribution >= 4 is 11.4 Å². The molecule has 0 spiro atoms. The average molecular weight is 268 g/mol. The average Bonchev–Trinajstić information content (AvgIpc) is 2.73. The first-order chi connectivity index (χ1) is 9.16. The van der Waals surface area contributed by atoms with Gasteiger partial charge in [0, 0.05) is 32.9 Å². The molecule has 106 valence electrons. The highest BCUT2D eigenvalue weighted by molar-refractivity contribution is 6.08. The molecule has 0 aromatic heterocycles. The summed E-state index contributed by atoms with van der Waals surface area (Å²) >= 11 is 0. The van der Waals surface area contributed by atoms with Gasteiger partial charge in [0.15, 0.2) is 0 Å². The van der Waals surface area contributed by atoms with E-state index in [1.807, 2.05) is 0 Å². The molecule has 1 saturated carbocycles. The van der Waals surface area contributed by atoms with Crippen LogP contribution in [-0.2, 0) is 4.74 Å². The van der Waals surface area contributed by atoms with Crippen LogP contribution in [0.25, 0.3) is 0 Å². The van der Waals surface area contributed by atoms with Gasteiger partial charge in [-0.25, -0.2) is 4.90 Å². The highest BCUT2D eigenvalue weighted by atomic mass is 16.5. The van der Waals surface area contributed by atoms with E-state index in [1.54, 1.807) is 0 Å². The zero-order valence-corrected chi connectivity index (χ0v) is 11.4. The Kier molecular flexibility index (Phi) is 3.22. The van der Waals surface area contributed by atoms with Gasteiger partial charge in [0.05, 0.1) is 24.8 Å². The van der Waals surface area contributed by atoms with Gasteiger partial charge in [-0.1, -0.05) is 5.16 Å². The third-order valence-electron chi connectivity index (χ3n) is 4.81. The molecular formula is C13H22N3O3+. The van der Waals surface area contributed by atoms with Crippen LogP contribution in [0.2, 0.25) is 0 Å². The van der Waals surface area contributed by atoms with Crippen LogP contribution in [-0.4, -0.2) is 63.4 Å². The Balaban J connectivity index is 1.90. The third kappa shape index (κ3) is 1.94. The molecule has 2 heterocycles. The van der Waals surface area contributed by atoms with Crippen LogP contribution in [0.15, 0.2) is 5.16 Å². The minimum absolute atomic E-state index is 0.0941. The zero-order valence-electron chi connectivity index (χ0n) is 11.4. The second-order valence-corrected chi connectivity index (χ2v) is 5.82. The van der Waals surface area contributed by atoms with Crippen LogP contribution in [0, 0.1) is 5.92 Å². The van der Waals surface area contributed by atoms with Crippen molar-refractivity contribution in [2.24, 2.45) is 11.1 Å². The van der Waals surface area contributed by atoms with Gasteiger partial charge in [0.25, 0.3) is 5.66 Å². The minimum Gasteiger partial charge on any atom is -0.411 e. The van der Waals surface area contributed by atoms with Crippen molar-refractivity contribution < 1.29 is 19.9 Å². The van der Waals surface area contributed by atoms with Crippen LogP contribution in [0.4, 0.5) is 0 Å². The van der Waals surface area contributed by atoms with Gasteiger partial charge < -0.3 is 9.94 Å². The number of oxime groups is 1. The third-order valence-corrected chi connectivity index (χ3v) is 4.81. The number of ether oxygens (including phenoxy) is 1. The number of nitrogens with zero attached hydrogens (tertiary/aromatic N) is 3. The van der Waals surface area contributed by atoms with E-state index in [1.165, 1.54) is 4.74 Å². The van der Waals surface area contributed by atoms with Crippen molar-refractivity contribution in [3.05, 3.63) is 0 Å². The lowest BCUT2D eigenvalue weighted by Crippen LogP contribution is -2.56. The van der Waals surface area contributed by atoms with Crippen molar-refractivity contribution in [2.75, 3.05) is 26.3 Å². The molecular weight excluding hydrogens is 246 g/mol. The van der Waals surface area contributed by atoms with Crippen molar-refractivity contribution in [1.29, 1.82) is 0 Å². The standard InChI is InChI=1S/C13H21N3O3/c1-13(15-5-7-19-8-6-15)9-10-11(14-17)3-2-4-12(10)16(13)18/h10H,2-9H2,1H3,(H-,17,18)/p+1/b14-11+. The summed E-state index contributed by atoms with van der Waals surface area (Å²) < 4.78 is 6.83. The molecule has 2 fully saturated rings. The van der Waals surface area contributed by atoms with E-state index in [4.69, 9.17) is 9.94 Å². The van der Waals surface area contributed by atoms with Crippen molar-refractivity contribution in [2.45, 2.75) is 38.3 Å². The molecule has 0 aromatic carbocycles. The lowest BCUT2D eigenvalue weighted by atomic mass is 9.83. The first kappa shape index (κ1) is 12.9. The smallest absolute Gasteiger partial charge is 0.265 e. The summed E-state index contributed by atoms with van der Waals surface area (Å²) in [5, 5.41) is 23.2. The molecule has 3 aliphatic rings. The first-order valence-corrected chi connectivity index (χ1v) is 7.05. The minimum atomic E-state index is -0.399. The molecule has 2 N–H and O–H groups in total. The molecule has 3 rings (SSSR count). The van der Waals surface area contributed by atoms with Gasteiger partial charge in [-0.2, -0.15) is 0 Å². The van der Waals surface area contributed by atoms with E-state index in [0.717, 1.165) is 50.2 Å². The Labute approximate surface area is 112 Å². The lowest BCUT2D eigenvalue weighted by molar-refractivity contribution is -0.835. The van der Waals surface area contributed by atoms with Crippen LogP contribution in [0.5, 0.6) is 0 Å². The summed E-state index contributed by atoms with van der Waals surface area (Å²) in [6.07, 6.45) is 3.46. The van der Waals surface area contributed by atoms with Crippen LogP contribution >= 0.6 is 0 Å². The maximum absolute atomic E-state index is 10.6. The molecule has 2 atom stereocenters. The van der Waals surface area contributed by atoms with Gasteiger partial charge in [0.2, 0.25) is 5.71 Å². The van der Waals surface area contributed by atoms with Crippen LogP contribution in [0.1, 0.15) is 32.6 Å². The maximum atomic E-state index is 10.6. The Hall–Kier alpha value is -1.14. The molecule has 2 unspecified atom stereocenters. The zero-order chi connectivity index (χ0) is 13.5. The summed E-state index contributed by atoms with van der Waals surface area (Å²) in [6.45, 7) is 5.16. The van der Waals surface area contributed by atoms with Gasteiger partial charge in [-0.05, 0) is 17.6 Å². The number of hydroxylamine groups is 1. The molecule has 0 aromatic rings. The summed E-state index contributed by atoms with van der Waals surface area (Å²) in [4.78, 5) is 2.27. The molecule has 0 radical (unpaired) electrons. The summed E-state index contributed by atoms with van der Waals surface area (Å²) in [7, 11) is 0. The molecule has 1 aliphatic carbocycles. The van der Waals surface area contributed by atoms with Gasteiger partial charge in [-0.3, -0.25) is 5.21 Å². The fourth-order valence-electron chi connectivity index (χ4n) is 3.69. The van der Waals surface area contributed by atoms with Crippen LogP contribution < -0.4 is 0 Å². The fraction of sp³-hybridized carbons (Fsp3) is 0.846. The second-order valence-electron chi connectivity index (χ2n) is 5.82. The SMILES string of the molecule is CC1(N2CCOCC2)CC2C(=[N+]1O)CCC/C2=N\O. The quantitative estimate of drug-likeness (QED) is 0.421. The van der Waals surface area contributed by atoms with E-state index in [9.17, 15) is 5.21 Å². The van der Waals surface area contributed by atoms with Gasteiger partial charge >= 0.3 is 0 Å². The van der Waals surface area contributed by atoms with Crippen molar-refractivity contribution in [1.82, 2.24) is 4.90 Å². The normalized spacial score (nSPS) is 38.8. The Morgan fingerprint density at radius 1 is 1.37 bits per heavy atom. The lowest BCUT2D eigenvalue weighted by Gasteiger charge is -2.35. The van der Waals surface area contributed by atoms with E-state index >= 15 is 0 Å². The Morgan fingerprint density at radius 3 is 2.79 bits per heavy atom. The Bertz CT molecular complexity index is 429. The van der Waals surface area contributed by atoms with E-state index in [-0.39, 0.29) is 5.92 Å². The van der Waals surface area contributed by atoms with Crippen molar-refractivity contribution in [3.8, 4) is 0 Å². The molecule has 6 heteroatoms. The summed E-state index contributed by atoms with van der Waals surface area (Å²) in [5.41, 5.74) is 1.43. The van der Waals surface area contributed by atoms with E-state index in [0.29, 0.717) is 13.2 Å². The Morgan fingerprint density at radius 2 is 2.11 bits per heavy atom. The largest absolute Gasteiger partial charge is 0.411 e. The number of fused-ring (bicyclic) bond motifs is 1. The predicted octanol–water partition coefficient (Wildman–Crippen LogP) is 0.911. The number of morpholine rings is 1. The topological polar surface area (TPSA) is 68.3 Å². The maximum Gasteiger partial charge on any atom is 0.265 e. The van der Waals surface area contributed by atoms with E-state index < -0.39 is 5.66 Å². The number of hydrogen-bond acceptors (Lipinski definition) is 5. The van der Waals surface area contributed by atoms with Gasteiger partial charge in [0.1, 0.15) is 0 Å². The molecule has 2 aliphatic heterocycles. The predicted molar refractivity (Wildman–Crippen MR) is 69.0 cm³/mol. The molecule has 6 nitrogen and oxygen atoms in total. The monoisotopic (exact) mass is 268 g/mol. The fourth-order valence-corrected chi connectivity index (χ4v) is 3.69. The molecule has 0 amide bonds. The highest BCUT2D eigenvalue weighted by Gasteiger charge is 2.57. The highest BCUT2D eigenvalue weighted by Crippen LogP contribution is 2.37.